The number of hydrogen-bond acceptors (Lipinski definition) is 8. The molecule has 8 nitrogen and oxygen atoms in total. The van der Waals surface area contributed by atoms with Crippen LogP contribution in [0.4, 0.5) is 5.95 Å². The molecule has 0 aliphatic heterocycles. The van der Waals surface area contributed by atoms with Gasteiger partial charge in [0.1, 0.15) is 23.0 Å². The standard InChI is InChI=1S/C27H36N4O4/c1-4-7-14-33-19-10-12-21(23(32)17-19)25-29-26(31-27(28)30-25)22-13-11-20(34-15-8-5-2)18-24(22)35-16-9-6-3/h10-13,17-18,32H,4-9,14-16H2,1-3H3,(H2,28,29,30,31). The Hall–Kier alpha value is -3.55. The molecule has 0 fully saturated rings. The van der Waals surface area contributed by atoms with Crippen LogP contribution in [0.25, 0.3) is 22.8 Å². The predicted octanol–water partition coefficient (Wildman–Crippen LogP) is 6.03. The number of phenols is 1. The Morgan fingerprint density at radius 2 is 1.20 bits per heavy atom. The smallest absolute Gasteiger partial charge is 0.224 e. The number of nitrogens with two attached hydrogens (primary N) is 1. The van der Waals surface area contributed by atoms with Gasteiger partial charge in [-0.2, -0.15) is 9.97 Å². The molecule has 0 amide bonds. The van der Waals surface area contributed by atoms with Crippen molar-refractivity contribution < 1.29 is 19.3 Å². The fourth-order valence-corrected chi connectivity index (χ4v) is 3.32. The fraction of sp³-hybridized carbons (Fsp3) is 0.444. The first-order chi connectivity index (χ1) is 17.0. The molecule has 0 aliphatic rings. The Labute approximate surface area is 207 Å². The lowest BCUT2D eigenvalue weighted by atomic mass is 10.1. The molecule has 0 saturated heterocycles. The SMILES string of the molecule is CCCCOc1ccc(-c2nc(N)nc(-c3ccc(OCCCC)cc3OCCCC)n2)c(O)c1. The lowest BCUT2D eigenvalue weighted by molar-refractivity contribution is 0.295. The Kier molecular flexibility index (Phi) is 9.95. The number of aromatic nitrogens is 3. The summed E-state index contributed by atoms with van der Waals surface area (Å²) in [6, 6.07) is 10.7. The van der Waals surface area contributed by atoms with Crippen LogP contribution >= 0.6 is 0 Å². The molecule has 8 heteroatoms. The van der Waals surface area contributed by atoms with Gasteiger partial charge in [0.15, 0.2) is 11.6 Å². The van der Waals surface area contributed by atoms with Gasteiger partial charge in [-0.15, -0.1) is 0 Å². The third-order valence-corrected chi connectivity index (χ3v) is 5.35. The van der Waals surface area contributed by atoms with E-state index in [1.807, 2.05) is 18.2 Å². The molecule has 0 radical (unpaired) electrons. The van der Waals surface area contributed by atoms with Gasteiger partial charge in [-0.25, -0.2) is 4.98 Å². The second-order valence-corrected chi connectivity index (χ2v) is 8.28. The third kappa shape index (κ3) is 7.47. The quantitative estimate of drug-likeness (QED) is 0.269. The number of nitrogens with zero attached hydrogens (tertiary/aromatic N) is 3. The number of phenolic OH excluding ortho intramolecular Hbond substituents is 1. The van der Waals surface area contributed by atoms with E-state index in [-0.39, 0.29) is 17.5 Å². The van der Waals surface area contributed by atoms with E-state index in [1.54, 1.807) is 18.2 Å². The van der Waals surface area contributed by atoms with Gasteiger partial charge in [-0.05, 0) is 43.5 Å². The summed E-state index contributed by atoms with van der Waals surface area (Å²) in [4.78, 5) is 13.2. The van der Waals surface area contributed by atoms with E-state index in [4.69, 9.17) is 19.9 Å². The predicted molar refractivity (Wildman–Crippen MR) is 138 cm³/mol. The molecule has 1 heterocycles. The molecule has 0 aliphatic carbocycles. The van der Waals surface area contributed by atoms with E-state index in [1.165, 1.54) is 0 Å². The number of nitrogen functional groups attached to an aromatic ring is 1. The average molecular weight is 481 g/mol. The first-order valence-corrected chi connectivity index (χ1v) is 12.4. The van der Waals surface area contributed by atoms with Gasteiger partial charge in [0.05, 0.1) is 30.9 Å². The second kappa shape index (κ2) is 13.4. The number of unbranched alkanes of at least 4 members (excludes halogenated alkanes) is 3. The molecule has 2 aromatic carbocycles. The monoisotopic (exact) mass is 480 g/mol. The van der Waals surface area contributed by atoms with Crippen LogP contribution in [-0.4, -0.2) is 39.9 Å². The highest BCUT2D eigenvalue weighted by molar-refractivity contribution is 5.71. The van der Waals surface area contributed by atoms with Gasteiger partial charge < -0.3 is 25.1 Å². The zero-order valence-electron chi connectivity index (χ0n) is 20.9. The highest BCUT2D eigenvalue weighted by atomic mass is 16.5. The molecule has 35 heavy (non-hydrogen) atoms. The molecule has 0 atom stereocenters. The number of benzene rings is 2. The van der Waals surface area contributed by atoms with E-state index in [9.17, 15) is 5.11 Å². The highest BCUT2D eigenvalue weighted by Gasteiger charge is 2.17. The Bertz CT molecular complexity index is 1090. The van der Waals surface area contributed by atoms with Crippen molar-refractivity contribution in [2.24, 2.45) is 0 Å². The summed E-state index contributed by atoms with van der Waals surface area (Å²) >= 11 is 0. The van der Waals surface area contributed by atoms with E-state index in [0.717, 1.165) is 44.3 Å². The molecule has 188 valence electrons. The number of rotatable bonds is 14. The Balaban J connectivity index is 1.93. The first kappa shape index (κ1) is 26.1. The molecular formula is C27H36N4O4. The summed E-state index contributed by atoms with van der Waals surface area (Å²) in [7, 11) is 0. The fourth-order valence-electron chi connectivity index (χ4n) is 3.32. The number of ether oxygens (including phenoxy) is 3. The number of anilines is 1. The zero-order chi connectivity index (χ0) is 25.0. The maximum Gasteiger partial charge on any atom is 0.224 e. The minimum Gasteiger partial charge on any atom is -0.507 e. The minimum absolute atomic E-state index is 0.00893. The van der Waals surface area contributed by atoms with Crippen molar-refractivity contribution in [3.8, 4) is 45.8 Å². The van der Waals surface area contributed by atoms with Crippen molar-refractivity contribution in [2.45, 2.75) is 59.3 Å². The van der Waals surface area contributed by atoms with Gasteiger partial charge in [0.2, 0.25) is 5.95 Å². The molecular weight excluding hydrogens is 444 g/mol. The molecule has 3 N–H and O–H groups in total. The van der Waals surface area contributed by atoms with Gasteiger partial charge in [-0.3, -0.25) is 0 Å². The molecule has 0 bridgehead atoms. The molecule has 1 aromatic heterocycles. The van der Waals surface area contributed by atoms with Crippen molar-refractivity contribution in [3.05, 3.63) is 36.4 Å². The van der Waals surface area contributed by atoms with E-state index >= 15 is 0 Å². The van der Waals surface area contributed by atoms with Gasteiger partial charge in [-0.1, -0.05) is 40.0 Å². The van der Waals surface area contributed by atoms with Crippen LogP contribution < -0.4 is 19.9 Å². The maximum atomic E-state index is 10.6. The summed E-state index contributed by atoms with van der Waals surface area (Å²) in [5.41, 5.74) is 7.16. The van der Waals surface area contributed by atoms with E-state index in [0.29, 0.717) is 48.3 Å². The van der Waals surface area contributed by atoms with Crippen molar-refractivity contribution in [1.82, 2.24) is 15.0 Å². The lowest BCUT2D eigenvalue weighted by Gasteiger charge is -2.14. The summed E-state index contributed by atoms with van der Waals surface area (Å²) < 4.78 is 17.6. The summed E-state index contributed by atoms with van der Waals surface area (Å²) in [5, 5.41) is 10.6. The zero-order valence-corrected chi connectivity index (χ0v) is 20.9. The maximum absolute atomic E-state index is 10.6. The van der Waals surface area contributed by atoms with Crippen LogP contribution in [0, 0.1) is 0 Å². The number of hydrogen-bond donors (Lipinski definition) is 2. The van der Waals surface area contributed by atoms with Crippen molar-refractivity contribution in [1.29, 1.82) is 0 Å². The van der Waals surface area contributed by atoms with E-state index in [2.05, 4.69) is 35.7 Å². The van der Waals surface area contributed by atoms with Crippen LogP contribution in [0.1, 0.15) is 59.3 Å². The average Bonchev–Trinajstić information content (AvgIpc) is 2.84. The largest absolute Gasteiger partial charge is 0.507 e. The van der Waals surface area contributed by atoms with Crippen LogP contribution in [0.3, 0.4) is 0 Å². The molecule has 3 aromatic rings. The summed E-state index contributed by atoms with van der Waals surface area (Å²) in [5.74, 6) is 2.63. The molecule has 0 spiro atoms. The van der Waals surface area contributed by atoms with Crippen molar-refractivity contribution >= 4 is 5.95 Å². The number of aromatic hydroxyl groups is 1. The third-order valence-electron chi connectivity index (χ3n) is 5.35. The lowest BCUT2D eigenvalue weighted by Crippen LogP contribution is -2.05. The van der Waals surface area contributed by atoms with Crippen LogP contribution in [0.2, 0.25) is 0 Å². The Morgan fingerprint density at radius 3 is 1.77 bits per heavy atom. The van der Waals surface area contributed by atoms with Gasteiger partial charge in [0.25, 0.3) is 0 Å². The van der Waals surface area contributed by atoms with Gasteiger partial charge >= 0.3 is 0 Å². The first-order valence-electron chi connectivity index (χ1n) is 12.4. The molecule has 0 saturated carbocycles. The summed E-state index contributed by atoms with van der Waals surface area (Å²) in [6.45, 7) is 8.14. The highest BCUT2D eigenvalue weighted by Crippen LogP contribution is 2.35. The van der Waals surface area contributed by atoms with E-state index < -0.39 is 0 Å². The van der Waals surface area contributed by atoms with Gasteiger partial charge in [0, 0.05) is 12.1 Å². The summed E-state index contributed by atoms with van der Waals surface area (Å²) in [6.07, 6.45) is 5.96. The topological polar surface area (TPSA) is 113 Å². The normalized spacial score (nSPS) is 10.8. The minimum atomic E-state index is 0.00893. The molecule has 3 rings (SSSR count). The van der Waals surface area contributed by atoms with Crippen LogP contribution in [0.15, 0.2) is 36.4 Å². The van der Waals surface area contributed by atoms with Crippen LogP contribution in [-0.2, 0) is 0 Å². The van der Waals surface area contributed by atoms with Crippen molar-refractivity contribution in [2.75, 3.05) is 25.6 Å². The second-order valence-electron chi connectivity index (χ2n) is 8.28. The van der Waals surface area contributed by atoms with Crippen LogP contribution in [0.5, 0.6) is 23.0 Å². The molecule has 0 unspecified atom stereocenters. The van der Waals surface area contributed by atoms with Crippen molar-refractivity contribution in [3.63, 3.8) is 0 Å². The Morgan fingerprint density at radius 1 is 0.686 bits per heavy atom.